The lowest BCUT2D eigenvalue weighted by atomic mass is 9.93. The number of unbranched alkanes of at least 4 members (excludes halogenated alkanes) is 9. The average molecular weight is 485 g/mol. The topological polar surface area (TPSA) is 26.3 Å². The van der Waals surface area contributed by atoms with Crippen LogP contribution in [0.1, 0.15) is 102 Å². The second-order valence-electron chi connectivity index (χ2n) is 10.0. The minimum absolute atomic E-state index is 0.241. The van der Waals surface area contributed by atoms with Crippen LogP contribution in [-0.2, 0) is 16.0 Å². The number of esters is 1. The highest BCUT2D eigenvalue weighted by atomic mass is 16.5. The summed E-state index contributed by atoms with van der Waals surface area (Å²) in [6, 6.07) is 26.0. The molecule has 36 heavy (non-hydrogen) atoms. The molecule has 0 spiro atoms. The Morgan fingerprint density at radius 1 is 0.667 bits per heavy atom. The average Bonchev–Trinajstić information content (AvgIpc) is 2.90. The SMILES string of the molecule is CCCCCCCCCCCCc1ccc(-c2ccccc2-c2ccc(C(C)OC(C)=O)cc2)cc1. The van der Waals surface area contributed by atoms with Gasteiger partial charge in [0.05, 0.1) is 0 Å². The Balaban J connectivity index is 1.52. The molecule has 0 amide bonds. The molecule has 3 aromatic carbocycles. The van der Waals surface area contributed by atoms with Crippen molar-refractivity contribution in [3.05, 3.63) is 83.9 Å². The molecule has 0 aliphatic rings. The van der Waals surface area contributed by atoms with Crippen molar-refractivity contribution in [3.63, 3.8) is 0 Å². The molecule has 0 N–H and O–H groups in total. The molecule has 2 heteroatoms. The number of rotatable bonds is 15. The van der Waals surface area contributed by atoms with Crippen LogP contribution in [0.5, 0.6) is 0 Å². The predicted octanol–water partition coefficient (Wildman–Crippen LogP) is 10.1. The maximum Gasteiger partial charge on any atom is 0.303 e. The van der Waals surface area contributed by atoms with Crippen LogP contribution >= 0.6 is 0 Å². The zero-order chi connectivity index (χ0) is 25.6. The molecule has 192 valence electrons. The first-order chi connectivity index (χ1) is 17.6. The second kappa shape index (κ2) is 15.3. The molecule has 3 rings (SSSR count). The Kier molecular flexibility index (Phi) is 11.8. The van der Waals surface area contributed by atoms with E-state index in [1.54, 1.807) is 0 Å². The van der Waals surface area contributed by atoms with Gasteiger partial charge in [-0.25, -0.2) is 0 Å². The minimum Gasteiger partial charge on any atom is -0.458 e. The zero-order valence-electron chi connectivity index (χ0n) is 22.6. The maximum atomic E-state index is 11.3. The minimum atomic E-state index is -0.256. The Labute approximate surface area is 219 Å². The summed E-state index contributed by atoms with van der Waals surface area (Å²) < 4.78 is 5.32. The number of hydrogen-bond donors (Lipinski definition) is 0. The number of benzene rings is 3. The number of aryl methyl sites for hydroxylation is 1. The molecule has 0 radical (unpaired) electrons. The van der Waals surface area contributed by atoms with Gasteiger partial charge in [0.15, 0.2) is 0 Å². The monoisotopic (exact) mass is 484 g/mol. The van der Waals surface area contributed by atoms with Crippen LogP contribution in [0.3, 0.4) is 0 Å². The highest BCUT2D eigenvalue weighted by Gasteiger charge is 2.11. The molecule has 0 aromatic heterocycles. The molecular weight excluding hydrogens is 440 g/mol. The fourth-order valence-corrected chi connectivity index (χ4v) is 4.90. The van der Waals surface area contributed by atoms with Gasteiger partial charge in [0.2, 0.25) is 0 Å². The quantitative estimate of drug-likeness (QED) is 0.158. The van der Waals surface area contributed by atoms with E-state index >= 15 is 0 Å². The molecule has 2 nitrogen and oxygen atoms in total. The first kappa shape index (κ1) is 27.7. The Hall–Kier alpha value is -2.87. The van der Waals surface area contributed by atoms with E-state index in [-0.39, 0.29) is 12.1 Å². The predicted molar refractivity (Wildman–Crippen MR) is 153 cm³/mol. The fraction of sp³-hybridized carbons (Fsp3) is 0.441. The van der Waals surface area contributed by atoms with Crippen LogP contribution < -0.4 is 0 Å². The van der Waals surface area contributed by atoms with E-state index in [0.29, 0.717) is 0 Å². The first-order valence-electron chi connectivity index (χ1n) is 14.0. The van der Waals surface area contributed by atoms with Crippen molar-refractivity contribution in [2.45, 2.75) is 97.5 Å². The van der Waals surface area contributed by atoms with Crippen LogP contribution in [0, 0.1) is 0 Å². The van der Waals surface area contributed by atoms with Crippen molar-refractivity contribution in [3.8, 4) is 22.3 Å². The van der Waals surface area contributed by atoms with Gasteiger partial charge in [0.1, 0.15) is 6.10 Å². The van der Waals surface area contributed by atoms with Gasteiger partial charge in [0, 0.05) is 6.92 Å². The first-order valence-corrected chi connectivity index (χ1v) is 14.0. The number of carbonyl (C=O) groups excluding carboxylic acids is 1. The Bertz CT molecular complexity index is 1030. The van der Waals surface area contributed by atoms with Crippen molar-refractivity contribution in [1.82, 2.24) is 0 Å². The van der Waals surface area contributed by atoms with E-state index in [1.807, 2.05) is 6.92 Å². The molecule has 0 bridgehead atoms. The summed E-state index contributed by atoms with van der Waals surface area (Å²) in [5, 5.41) is 0. The van der Waals surface area contributed by atoms with Crippen molar-refractivity contribution in [2.75, 3.05) is 0 Å². The summed E-state index contributed by atoms with van der Waals surface area (Å²) in [7, 11) is 0. The van der Waals surface area contributed by atoms with Gasteiger partial charge in [-0.1, -0.05) is 138 Å². The number of carbonyl (C=O) groups is 1. The lowest BCUT2D eigenvalue weighted by Gasteiger charge is -2.14. The fourth-order valence-electron chi connectivity index (χ4n) is 4.90. The normalized spacial score (nSPS) is 11.9. The van der Waals surface area contributed by atoms with Gasteiger partial charge in [-0.2, -0.15) is 0 Å². The Morgan fingerprint density at radius 2 is 1.14 bits per heavy atom. The summed E-state index contributed by atoms with van der Waals surface area (Å²) in [6.45, 7) is 5.63. The van der Waals surface area contributed by atoms with E-state index in [1.165, 1.54) is 105 Å². The van der Waals surface area contributed by atoms with E-state index in [9.17, 15) is 4.79 Å². The number of hydrogen-bond acceptors (Lipinski definition) is 2. The third-order valence-electron chi connectivity index (χ3n) is 7.04. The van der Waals surface area contributed by atoms with Gasteiger partial charge < -0.3 is 4.74 Å². The van der Waals surface area contributed by atoms with Gasteiger partial charge in [0.25, 0.3) is 0 Å². The van der Waals surface area contributed by atoms with E-state index in [0.717, 1.165) is 5.56 Å². The van der Waals surface area contributed by atoms with Crippen molar-refractivity contribution in [2.24, 2.45) is 0 Å². The molecule has 0 saturated heterocycles. The summed E-state index contributed by atoms with van der Waals surface area (Å²) in [4.78, 5) is 11.3. The van der Waals surface area contributed by atoms with Crippen molar-refractivity contribution in [1.29, 1.82) is 0 Å². The van der Waals surface area contributed by atoms with Crippen LogP contribution in [0.4, 0.5) is 0 Å². The van der Waals surface area contributed by atoms with E-state index in [4.69, 9.17) is 4.74 Å². The van der Waals surface area contributed by atoms with Crippen molar-refractivity contribution >= 4 is 5.97 Å². The van der Waals surface area contributed by atoms with Gasteiger partial charge >= 0.3 is 5.97 Å². The lowest BCUT2D eigenvalue weighted by molar-refractivity contribution is -0.145. The van der Waals surface area contributed by atoms with Gasteiger partial charge in [-0.3, -0.25) is 4.79 Å². The molecule has 0 saturated carbocycles. The van der Waals surface area contributed by atoms with Crippen LogP contribution in [-0.4, -0.2) is 5.97 Å². The maximum absolute atomic E-state index is 11.3. The molecule has 3 aromatic rings. The van der Waals surface area contributed by atoms with Crippen LogP contribution in [0.25, 0.3) is 22.3 Å². The van der Waals surface area contributed by atoms with Crippen LogP contribution in [0.15, 0.2) is 72.8 Å². The third kappa shape index (κ3) is 8.97. The summed E-state index contributed by atoms with van der Waals surface area (Å²) in [5.41, 5.74) is 7.30. The largest absolute Gasteiger partial charge is 0.458 e. The molecule has 0 aliphatic heterocycles. The molecular formula is C34H44O2. The van der Waals surface area contributed by atoms with E-state index in [2.05, 4.69) is 79.7 Å². The molecule has 0 heterocycles. The lowest BCUT2D eigenvalue weighted by Crippen LogP contribution is -2.04. The molecule has 1 atom stereocenters. The standard InChI is InChI=1S/C34H44O2/c1-4-5-6-7-8-9-10-11-12-13-16-29-19-21-31(22-20-29)33-17-14-15-18-34(33)32-25-23-30(24-26-32)27(2)36-28(3)35/h14-15,17-27H,4-13,16H2,1-3H3. The highest BCUT2D eigenvalue weighted by molar-refractivity contribution is 5.83. The zero-order valence-corrected chi connectivity index (χ0v) is 22.6. The van der Waals surface area contributed by atoms with E-state index < -0.39 is 0 Å². The van der Waals surface area contributed by atoms with Crippen molar-refractivity contribution < 1.29 is 9.53 Å². The number of ether oxygens (including phenoxy) is 1. The van der Waals surface area contributed by atoms with Crippen LogP contribution in [0.2, 0.25) is 0 Å². The smallest absolute Gasteiger partial charge is 0.303 e. The highest BCUT2D eigenvalue weighted by Crippen LogP contribution is 2.33. The summed E-state index contributed by atoms with van der Waals surface area (Å²) in [5.74, 6) is -0.256. The second-order valence-corrected chi connectivity index (χ2v) is 10.0. The molecule has 0 aliphatic carbocycles. The Morgan fingerprint density at radius 3 is 1.64 bits per heavy atom. The third-order valence-corrected chi connectivity index (χ3v) is 7.04. The van der Waals surface area contributed by atoms with Gasteiger partial charge in [-0.15, -0.1) is 0 Å². The van der Waals surface area contributed by atoms with Gasteiger partial charge in [-0.05, 0) is 53.1 Å². The summed E-state index contributed by atoms with van der Waals surface area (Å²) >= 11 is 0. The molecule has 1 unspecified atom stereocenters. The summed E-state index contributed by atoms with van der Waals surface area (Å²) in [6.07, 6.45) is 14.7. The molecule has 0 fully saturated rings.